The highest BCUT2D eigenvalue weighted by Gasteiger charge is 2.49. The van der Waals surface area contributed by atoms with Crippen molar-refractivity contribution < 1.29 is 22.7 Å². The number of thioether (sulfide) groups is 1. The van der Waals surface area contributed by atoms with E-state index in [2.05, 4.69) is 20.9 Å². The molecule has 0 bridgehead atoms. The molecule has 2 saturated heterocycles. The van der Waals surface area contributed by atoms with Crippen LogP contribution in [-0.2, 0) is 14.6 Å². The monoisotopic (exact) mass is 476 g/mol. The van der Waals surface area contributed by atoms with Gasteiger partial charge in [0.05, 0.1) is 35.2 Å². The van der Waals surface area contributed by atoms with E-state index in [1.165, 1.54) is 18.7 Å². The van der Waals surface area contributed by atoms with Crippen molar-refractivity contribution >= 4 is 54.3 Å². The maximum absolute atomic E-state index is 12.1. The number of amidine groups is 1. The fourth-order valence-electron chi connectivity index (χ4n) is 3.24. The Labute approximate surface area is 171 Å². The molecule has 2 heterocycles. The highest BCUT2D eigenvalue weighted by Crippen LogP contribution is 2.45. The summed E-state index contributed by atoms with van der Waals surface area (Å²) in [5, 5.41) is 0.375. The first kappa shape index (κ1) is 20.5. The minimum atomic E-state index is -3.12. The van der Waals surface area contributed by atoms with Gasteiger partial charge in [0.1, 0.15) is 0 Å². The van der Waals surface area contributed by atoms with E-state index in [9.17, 15) is 13.2 Å². The summed E-state index contributed by atoms with van der Waals surface area (Å²) < 4.78 is 36.3. The first-order valence-corrected chi connectivity index (χ1v) is 12.1. The molecule has 0 saturated carbocycles. The van der Waals surface area contributed by atoms with Crippen LogP contribution in [0.15, 0.2) is 21.6 Å². The van der Waals surface area contributed by atoms with Crippen molar-refractivity contribution in [2.24, 2.45) is 4.99 Å². The summed E-state index contributed by atoms with van der Waals surface area (Å²) in [6.45, 7) is 6.09. The van der Waals surface area contributed by atoms with E-state index < -0.39 is 9.84 Å². The third-order valence-electron chi connectivity index (χ3n) is 4.18. The maximum atomic E-state index is 12.1. The average Bonchev–Trinajstić information content (AvgIpc) is 3.00. The van der Waals surface area contributed by atoms with Crippen LogP contribution in [0.25, 0.3) is 0 Å². The van der Waals surface area contributed by atoms with Crippen LogP contribution >= 0.6 is 27.7 Å². The third-order valence-corrected chi connectivity index (χ3v) is 7.98. The Morgan fingerprint density at radius 1 is 1.30 bits per heavy atom. The first-order chi connectivity index (χ1) is 12.8. The van der Waals surface area contributed by atoms with Gasteiger partial charge in [-0.15, -0.1) is 0 Å². The molecule has 3 rings (SSSR count). The molecule has 7 nitrogen and oxygen atoms in total. The van der Waals surface area contributed by atoms with Gasteiger partial charge in [0.25, 0.3) is 0 Å². The molecule has 2 aliphatic rings. The zero-order valence-corrected chi connectivity index (χ0v) is 18.5. The second-order valence-corrected chi connectivity index (χ2v) is 10.4. The Morgan fingerprint density at radius 2 is 2.00 bits per heavy atom. The summed E-state index contributed by atoms with van der Waals surface area (Å²) >= 11 is 4.86. The first-order valence-electron chi connectivity index (χ1n) is 8.60. The predicted molar refractivity (Wildman–Crippen MR) is 111 cm³/mol. The highest BCUT2D eigenvalue weighted by molar-refractivity contribution is 9.10. The lowest BCUT2D eigenvalue weighted by Crippen LogP contribution is -2.37. The summed E-state index contributed by atoms with van der Waals surface area (Å²) in [6.07, 6.45) is 0. The van der Waals surface area contributed by atoms with Crippen molar-refractivity contribution in [2.45, 2.75) is 32.1 Å². The van der Waals surface area contributed by atoms with E-state index in [4.69, 9.17) is 9.47 Å². The van der Waals surface area contributed by atoms with Gasteiger partial charge in [0, 0.05) is 23.9 Å². The number of sulfone groups is 1. The van der Waals surface area contributed by atoms with Crippen molar-refractivity contribution in [3.05, 3.63) is 16.6 Å². The number of rotatable bonds is 5. The Balaban J connectivity index is 2.09. The molecular weight excluding hydrogens is 456 g/mol. The zero-order valence-electron chi connectivity index (χ0n) is 15.3. The van der Waals surface area contributed by atoms with Gasteiger partial charge in [-0.1, -0.05) is 11.8 Å². The smallest absolute Gasteiger partial charge is 0.244 e. The molecule has 2 atom stereocenters. The molecule has 10 heteroatoms. The van der Waals surface area contributed by atoms with Crippen LogP contribution in [0.3, 0.4) is 0 Å². The molecule has 0 unspecified atom stereocenters. The summed E-state index contributed by atoms with van der Waals surface area (Å²) in [7, 11) is -3.12. The lowest BCUT2D eigenvalue weighted by Gasteiger charge is -2.26. The van der Waals surface area contributed by atoms with Crippen LogP contribution in [0.5, 0.6) is 11.5 Å². The van der Waals surface area contributed by atoms with E-state index in [1.807, 2.05) is 30.9 Å². The number of hydrogen-bond acceptors (Lipinski definition) is 6. The third kappa shape index (κ3) is 4.27. The number of amides is 1. The van der Waals surface area contributed by atoms with Gasteiger partial charge in [-0.05, 0) is 35.8 Å². The standard InChI is InChI=1S/C17H21BrN2O5S2/c1-4-24-14-7-11(6-12(18)16(14)25-5-2)20-13-8-27(22,23)9-15(13)26-17(20)19-10(3)21/h6-7,13,15H,4-5,8-9H2,1-3H3/t13-,15+/m1/s1. The van der Waals surface area contributed by atoms with E-state index >= 15 is 0 Å². The van der Waals surface area contributed by atoms with Gasteiger partial charge in [0.15, 0.2) is 26.5 Å². The second kappa shape index (κ2) is 8.00. The van der Waals surface area contributed by atoms with Crippen LogP contribution in [0.1, 0.15) is 20.8 Å². The van der Waals surface area contributed by atoms with Gasteiger partial charge in [-0.25, -0.2) is 8.42 Å². The van der Waals surface area contributed by atoms with Crippen molar-refractivity contribution in [1.82, 2.24) is 0 Å². The number of anilines is 1. The molecule has 2 fully saturated rings. The summed E-state index contributed by atoms with van der Waals surface area (Å²) in [5.74, 6) is 0.957. The van der Waals surface area contributed by atoms with E-state index in [0.29, 0.717) is 40.0 Å². The van der Waals surface area contributed by atoms with Crippen LogP contribution < -0.4 is 14.4 Å². The minimum absolute atomic E-state index is 0.0381. The number of halogens is 1. The summed E-state index contributed by atoms with van der Waals surface area (Å²) in [4.78, 5) is 17.6. The quantitative estimate of drug-likeness (QED) is 0.645. The lowest BCUT2D eigenvalue weighted by atomic mass is 10.2. The minimum Gasteiger partial charge on any atom is -0.490 e. The van der Waals surface area contributed by atoms with E-state index in [0.717, 1.165) is 0 Å². The van der Waals surface area contributed by atoms with Gasteiger partial charge in [0.2, 0.25) is 5.91 Å². The molecule has 148 valence electrons. The summed E-state index contributed by atoms with van der Waals surface area (Å²) in [6, 6.07) is 3.39. The molecule has 0 aromatic heterocycles. The van der Waals surface area contributed by atoms with Crippen LogP contribution in [-0.4, -0.2) is 55.5 Å². The molecule has 2 aliphatic heterocycles. The van der Waals surface area contributed by atoms with Crippen molar-refractivity contribution in [3.63, 3.8) is 0 Å². The number of fused-ring (bicyclic) bond motifs is 1. The van der Waals surface area contributed by atoms with Crippen LogP contribution in [0, 0.1) is 0 Å². The Hall–Kier alpha value is -1.26. The largest absolute Gasteiger partial charge is 0.490 e. The van der Waals surface area contributed by atoms with Gasteiger partial charge in [-0.3, -0.25) is 4.79 Å². The number of carbonyl (C=O) groups is 1. The highest BCUT2D eigenvalue weighted by atomic mass is 79.9. The normalized spacial score (nSPS) is 24.9. The maximum Gasteiger partial charge on any atom is 0.244 e. The predicted octanol–water partition coefficient (Wildman–Crippen LogP) is 2.87. The average molecular weight is 477 g/mol. The van der Waals surface area contributed by atoms with Gasteiger partial charge < -0.3 is 14.4 Å². The van der Waals surface area contributed by atoms with E-state index in [-0.39, 0.29) is 28.7 Å². The fourth-order valence-corrected chi connectivity index (χ4v) is 7.74. The summed E-state index contributed by atoms with van der Waals surface area (Å²) in [5.41, 5.74) is 0.714. The molecule has 0 radical (unpaired) electrons. The molecule has 0 spiro atoms. The lowest BCUT2D eigenvalue weighted by molar-refractivity contribution is -0.115. The number of aliphatic imine (C=N–C) groups is 1. The van der Waals surface area contributed by atoms with Crippen molar-refractivity contribution in [3.8, 4) is 11.5 Å². The van der Waals surface area contributed by atoms with Crippen LogP contribution in [0.2, 0.25) is 0 Å². The molecule has 27 heavy (non-hydrogen) atoms. The molecule has 1 aromatic rings. The Kier molecular flexibility index (Phi) is 6.07. The molecule has 1 amide bonds. The van der Waals surface area contributed by atoms with Crippen molar-refractivity contribution in [1.29, 1.82) is 0 Å². The zero-order chi connectivity index (χ0) is 19.8. The van der Waals surface area contributed by atoms with Crippen LogP contribution in [0.4, 0.5) is 5.69 Å². The molecule has 0 N–H and O–H groups in total. The topological polar surface area (TPSA) is 85.3 Å². The molecular formula is C17H21BrN2O5S2. The van der Waals surface area contributed by atoms with E-state index in [1.54, 1.807) is 0 Å². The number of nitrogens with zero attached hydrogens (tertiary/aromatic N) is 2. The number of hydrogen-bond donors (Lipinski definition) is 0. The molecule has 0 aliphatic carbocycles. The van der Waals surface area contributed by atoms with Gasteiger partial charge in [-0.2, -0.15) is 4.99 Å². The number of ether oxygens (including phenoxy) is 2. The Morgan fingerprint density at radius 3 is 2.63 bits per heavy atom. The number of benzene rings is 1. The van der Waals surface area contributed by atoms with Crippen molar-refractivity contribution in [2.75, 3.05) is 29.6 Å². The number of carbonyl (C=O) groups excluding carboxylic acids is 1. The van der Waals surface area contributed by atoms with Gasteiger partial charge >= 0.3 is 0 Å². The second-order valence-electron chi connectivity index (χ2n) is 6.20. The SMILES string of the molecule is CCOc1cc(N2C(=NC(C)=O)S[C@H]3CS(=O)(=O)C[C@H]32)cc(Br)c1OCC. The fraction of sp³-hybridized carbons (Fsp3) is 0.529. The Bertz CT molecular complexity index is 888. The molecule has 1 aromatic carbocycles.